The van der Waals surface area contributed by atoms with Crippen LogP contribution in [0.15, 0.2) is 60.7 Å². The first kappa shape index (κ1) is 16.7. The third-order valence-electron chi connectivity index (χ3n) is 4.11. The quantitative estimate of drug-likeness (QED) is 0.491. The molecule has 4 rings (SSSR count). The first-order valence-electron chi connectivity index (χ1n) is 8.58. The normalized spacial score (nSPS) is 23.8. The van der Waals surface area contributed by atoms with E-state index in [0.717, 1.165) is 11.1 Å². The van der Waals surface area contributed by atoms with Gasteiger partial charge in [0.2, 0.25) is 0 Å². The number of ether oxygens (including phenoxy) is 5. The highest BCUT2D eigenvalue weighted by Gasteiger charge is 2.42. The van der Waals surface area contributed by atoms with E-state index >= 15 is 0 Å². The summed E-state index contributed by atoms with van der Waals surface area (Å²) in [5.41, 5.74) is 2.20. The molecule has 4 unspecified atom stereocenters. The van der Waals surface area contributed by atoms with Crippen LogP contribution >= 0.6 is 0 Å². The molecule has 2 aliphatic rings. The monoisotopic (exact) mass is 342 g/mol. The van der Waals surface area contributed by atoms with Gasteiger partial charge in [-0.15, -0.1) is 0 Å². The van der Waals surface area contributed by atoms with E-state index in [2.05, 4.69) is 0 Å². The maximum atomic E-state index is 6.05. The molecule has 0 aliphatic carbocycles. The zero-order valence-electron chi connectivity index (χ0n) is 14.0. The van der Waals surface area contributed by atoms with Crippen LogP contribution < -0.4 is 0 Å². The van der Waals surface area contributed by atoms with Crippen molar-refractivity contribution in [2.75, 3.05) is 13.2 Å². The molecular weight excluding hydrogens is 320 g/mol. The van der Waals surface area contributed by atoms with Gasteiger partial charge in [-0.2, -0.15) is 0 Å². The van der Waals surface area contributed by atoms with E-state index in [1.54, 1.807) is 0 Å². The molecule has 25 heavy (non-hydrogen) atoms. The summed E-state index contributed by atoms with van der Waals surface area (Å²) in [6.07, 6.45) is -0.981. The molecule has 2 saturated heterocycles. The Bertz CT molecular complexity index is 582. The van der Waals surface area contributed by atoms with Crippen LogP contribution in [0.25, 0.3) is 0 Å². The van der Waals surface area contributed by atoms with Gasteiger partial charge in [-0.3, -0.25) is 0 Å². The van der Waals surface area contributed by atoms with Gasteiger partial charge in [0.25, 0.3) is 0 Å². The Hall–Kier alpha value is -1.76. The molecular formula is C20H22O5. The lowest BCUT2D eigenvalue weighted by Crippen LogP contribution is -2.34. The van der Waals surface area contributed by atoms with Gasteiger partial charge in [0.15, 0.2) is 12.6 Å². The zero-order valence-corrected chi connectivity index (χ0v) is 14.0. The maximum Gasteiger partial charge on any atom is 0.189 e. The molecule has 0 radical (unpaired) electrons. The van der Waals surface area contributed by atoms with Crippen molar-refractivity contribution in [1.82, 2.24) is 0 Å². The second kappa shape index (κ2) is 8.08. The fourth-order valence-corrected chi connectivity index (χ4v) is 2.53. The molecule has 2 aromatic rings. The van der Waals surface area contributed by atoms with Gasteiger partial charge < -0.3 is 23.7 Å². The average Bonchev–Trinajstić information content (AvgIpc) is 3.56. The molecule has 4 atom stereocenters. The molecule has 0 amide bonds. The summed E-state index contributed by atoms with van der Waals surface area (Å²) in [4.78, 5) is 0. The Morgan fingerprint density at radius 1 is 0.720 bits per heavy atom. The van der Waals surface area contributed by atoms with Crippen LogP contribution in [0, 0.1) is 0 Å². The topological polar surface area (TPSA) is 52.8 Å². The molecule has 2 aromatic carbocycles. The lowest BCUT2D eigenvalue weighted by molar-refractivity contribution is -0.263. The summed E-state index contributed by atoms with van der Waals surface area (Å²) in [5.74, 6) is 0. The van der Waals surface area contributed by atoms with Crippen molar-refractivity contribution >= 4 is 0 Å². The number of benzene rings is 2. The maximum absolute atomic E-state index is 6.05. The van der Waals surface area contributed by atoms with Crippen LogP contribution in [0.3, 0.4) is 0 Å². The van der Waals surface area contributed by atoms with E-state index in [9.17, 15) is 0 Å². The predicted octanol–water partition coefficient (Wildman–Crippen LogP) is 2.89. The van der Waals surface area contributed by atoms with Crippen molar-refractivity contribution in [1.29, 1.82) is 0 Å². The van der Waals surface area contributed by atoms with Crippen LogP contribution in [-0.2, 0) is 36.9 Å². The van der Waals surface area contributed by atoms with Gasteiger partial charge in [0.05, 0.1) is 26.4 Å². The zero-order chi connectivity index (χ0) is 16.9. The van der Waals surface area contributed by atoms with E-state index in [0.29, 0.717) is 26.4 Å². The van der Waals surface area contributed by atoms with Crippen molar-refractivity contribution in [2.24, 2.45) is 0 Å². The number of epoxide rings is 2. The van der Waals surface area contributed by atoms with Crippen LogP contribution in [0.4, 0.5) is 0 Å². The number of rotatable bonds is 10. The molecule has 0 aromatic heterocycles. The van der Waals surface area contributed by atoms with Crippen molar-refractivity contribution in [3.63, 3.8) is 0 Å². The van der Waals surface area contributed by atoms with Crippen molar-refractivity contribution in [3.8, 4) is 0 Å². The minimum atomic E-state index is -0.454. The fourth-order valence-electron chi connectivity index (χ4n) is 2.53. The molecule has 5 heteroatoms. The van der Waals surface area contributed by atoms with Gasteiger partial charge >= 0.3 is 0 Å². The lowest BCUT2D eigenvalue weighted by Gasteiger charge is -2.23. The van der Waals surface area contributed by atoms with Crippen LogP contribution in [-0.4, -0.2) is 38.0 Å². The predicted molar refractivity (Wildman–Crippen MR) is 90.6 cm³/mol. The van der Waals surface area contributed by atoms with Gasteiger partial charge in [-0.1, -0.05) is 60.7 Å². The first-order valence-corrected chi connectivity index (χ1v) is 8.58. The molecule has 2 heterocycles. The minimum Gasteiger partial charge on any atom is -0.368 e. The largest absolute Gasteiger partial charge is 0.368 e. The second-order valence-electron chi connectivity index (χ2n) is 6.21. The molecule has 2 fully saturated rings. The fraction of sp³-hybridized carbons (Fsp3) is 0.400. The molecule has 0 N–H and O–H groups in total. The Kier molecular flexibility index (Phi) is 5.40. The summed E-state index contributed by atoms with van der Waals surface area (Å²) in [6, 6.07) is 20.0. The summed E-state index contributed by atoms with van der Waals surface area (Å²) in [7, 11) is 0. The summed E-state index contributed by atoms with van der Waals surface area (Å²) >= 11 is 0. The minimum absolute atomic E-state index is 0.0368. The van der Waals surface area contributed by atoms with Crippen LogP contribution in [0.5, 0.6) is 0 Å². The summed E-state index contributed by atoms with van der Waals surface area (Å²) in [5, 5.41) is 0. The highest BCUT2D eigenvalue weighted by Crippen LogP contribution is 2.26. The second-order valence-corrected chi connectivity index (χ2v) is 6.21. The molecule has 132 valence electrons. The first-order chi connectivity index (χ1) is 12.4. The van der Waals surface area contributed by atoms with Crippen molar-refractivity contribution in [3.05, 3.63) is 71.8 Å². The Morgan fingerprint density at radius 2 is 1.12 bits per heavy atom. The number of hydrogen-bond donors (Lipinski definition) is 0. The van der Waals surface area contributed by atoms with E-state index in [1.165, 1.54) is 0 Å². The van der Waals surface area contributed by atoms with Gasteiger partial charge in [-0.05, 0) is 11.1 Å². The SMILES string of the molecule is c1ccc(COC(OC(OCc2ccccc2)C2CO2)C2CO2)cc1. The third-order valence-corrected chi connectivity index (χ3v) is 4.11. The average molecular weight is 342 g/mol. The standard InChI is InChI=1S/C20H22O5/c1-3-7-15(8-4-1)11-23-19(17-13-21-17)25-20(18-14-22-18)24-12-16-9-5-2-6-10-16/h1-10,17-20H,11-14H2. The third kappa shape index (κ3) is 5.11. The Labute approximate surface area is 147 Å². The Morgan fingerprint density at radius 3 is 1.48 bits per heavy atom. The summed E-state index contributed by atoms with van der Waals surface area (Å²) in [6.45, 7) is 2.25. The van der Waals surface area contributed by atoms with Crippen LogP contribution in [0.2, 0.25) is 0 Å². The summed E-state index contributed by atoms with van der Waals surface area (Å²) < 4.78 is 28.7. The molecule has 5 nitrogen and oxygen atoms in total. The molecule has 0 bridgehead atoms. The molecule has 0 saturated carbocycles. The highest BCUT2D eigenvalue weighted by atomic mass is 16.8. The van der Waals surface area contributed by atoms with E-state index in [1.807, 2.05) is 60.7 Å². The van der Waals surface area contributed by atoms with Gasteiger partial charge in [0.1, 0.15) is 12.2 Å². The highest BCUT2D eigenvalue weighted by molar-refractivity contribution is 5.14. The smallest absolute Gasteiger partial charge is 0.189 e. The van der Waals surface area contributed by atoms with Gasteiger partial charge in [0, 0.05) is 0 Å². The lowest BCUT2D eigenvalue weighted by atomic mass is 10.2. The van der Waals surface area contributed by atoms with E-state index in [4.69, 9.17) is 23.7 Å². The molecule has 2 aliphatic heterocycles. The number of hydrogen-bond acceptors (Lipinski definition) is 5. The molecule has 0 spiro atoms. The van der Waals surface area contributed by atoms with Gasteiger partial charge in [-0.25, -0.2) is 0 Å². The van der Waals surface area contributed by atoms with E-state index < -0.39 is 12.6 Å². The van der Waals surface area contributed by atoms with Crippen molar-refractivity contribution in [2.45, 2.75) is 38.0 Å². The Balaban J connectivity index is 1.32. The van der Waals surface area contributed by atoms with Crippen molar-refractivity contribution < 1.29 is 23.7 Å². The van der Waals surface area contributed by atoms with Crippen LogP contribution in [0.1, 0.15) is 11.1 Å². The van der Waals surface area contributed by atoms with E-state index in [-0.39, 0.29) is 12.2 Å².